The summed E-state index contributed by atoms with van der Waals surface area (Å²) in [5.74, 6) is 1.02. The molecule has 0 aliphatic heterocycles. The van der Waals surface area contributed by atoms with E-state index in [1.165, 1.54) is 22.3 Å². The van der Waals surface area contributed by atoms with Crippen LogP contribution < -0.4 is 0 Å². The Balaban J connectivity index is 1.40. The summed E-state index contributed by atoms with van der Waals surface area (Å²) in [4.78, 5) is 0. The molecular formula is C28H35Cl2Zr. The van der Waals surface area contributed by atoms with Crippen LogP contribution in [0.5, 0.6) is 0 Å². The van der Waals surface area contributed by atoms with Gasteiger partial charge in [0.15, 0.2) is 0 Å². The second-order valence-electron chi connectivity index (χ2n) is 9.85. The number of fused-ring (bicyclic) bond motifs is 2. The molecular weight excluding hydrogens is 498 g/mol. The van der Waals surface area contributed by atoms with Crippen molar-refractivity contribution >= 4 is 29.2 Å². The van der Waals surface area contributed by atoms with Gasteiger partial charge in [0, 0.05) is 0 Å². The molecule has 2 aliphatic carbocycles. The van der Waals surface area contributed by atoms with Gasteiger partial charge in [0.1, 0.15) is 0 Å². The molecule has 0 aromatic heterocycles. The average Bonchev–Trinajstić information content (AvgIpc) is 3.40. The third kappa shape index (κ3) is 4.58. The Kier molecular flexibility index (Phi) is 7.08. The molecule has 0 fully saturated rings. The second-order valence-corrected chi connectivity index (χ2v) is 34.8. The van der Waals surface area contributed by atoms with Crippen LogP contribution in [0, 0.1) is 0 Å². The summed E-state index contributed by atoms with van der Waals surface area (Å²) in [6, 6.07) is 17.5. The van der Waals surface area contributed by atoms with E-state index in [9.17, 15) is 0 Å². The Bertz CT molecular complexity index is 915. The van der Waals surface area contributed by atoms with E-state index in [1.54, 1.807) is 0 Å². The van der Waals surface area contributed by atoms with Crippen molar-refractivity contribution in [1.82, 2.24) is 0 Å². The molecule has 165 valence electrons. The average molecular weight is 534 g/mol. The van der Waals surface area contributed by atoms with Crippen LogP contribution in [0.15, 0.2) is 60.7 Å². The first kappa shape index (κ1) is 23.5. The van der Waals surface area contributed by atoms with Crippen LogP contribution in [-0.2, 0) is 16.4 Å². The third-order valence-electron chi connectivity index (χ3n) is 8.32. The maximum atomic E-state index is 7.59. The van der Waals surface area contributed by atoms with Crippen molar-refractivity contribution in [3.05, 3.63) is 82.9 Å². The maximum absolute atomic E-state index is 7.59. The second kappa shape index (κ2) is 9.32. The van der Waals surface area contributed by atoms with Crippen LogP contribution >= 0.6 is 17.0 Å². The molecule has 0 amide bonds. The fourth-order valence-electron chi connectivity index (χ4n) is 5.78. The number of rotatable bonds is 9. The van der Waals surface area contributed by atoms with Gasteiger partial charge in [-0.15, -0.1) is 0 Å². The Labute approximate surface area is 197 Å². The number of allylic oxidation sites excluding steroid dienone is 2. The third-order valence-corrected chi connectivity index (χ3v) is 34.9. The van der Waals surface area contributed by atoms with Crippen LogP contribution in [0.1, 0.15) is 80.5 Å². The molecule has 0 spiro atoms. The van der Waals surface area contributed by atoms with E-state index >= 15 is 0 Å². The van der Waals surface area contributed by atoms with Crippen LogP contribution in [0.3, 0.4) is 0 Å². The van der Waals surface area contributed by atoms with Crippen LogP contribution in [0.2, 0.25) is 11.4 Å². The SMILES string of the molecule is C[CH2][Zr]([Cl])([Cl])([CH](C)CCC1C=Cc2ccccc21)[CH](C)CCC1C=Cc2ccccc21. The van der Waals surface area contributed by atoms with Gasteiger partial charge in [-0.1, -0.05) is 0 Å². The van der Waals surface area contributed by atoms with Gasteiger partial charge in [-0.05, 0) is 0 Å². The normalized spacial score (nSPS) is 22.5. The quantitative estimate of drug-likeness (QED) is 0.301. The van der Waals surface area contributed by atoms with E-state index in [2.05, 4.69) is 93.6 Å². The fraction of sp³-hybridized carbons (Fsp3) is 0.429. The standard InChI is InChI=1S/2C13H15.C2H5.2ClH.Zr/c2*1-2-3-6-11-9-10-12-7-4-5-8-13(11)12;1-2;;;/h2*2,4-5,7-11H,3,6H2,1H3;1H2,2H3;2*1H;/q;;;;;+2/p-2. The van der Waals surface area contributed by atoms with E-state index in [4.69, 9.17) is 17.0 Å². The Morgan fingerprint density at radius 3 is 1.58 bits per heavy atom. The van der Waals surface area contributed by atoms with Gasteiger partial charge in [-0.2, -0.15) is 0 Å². The van der Waals surface area contributed by atoms with Crippen molar-refractivity contribution in [2.75, 3.05) is 0 Å². The fourth-order valence-corrected chi connectivity index (χ4v) is 17.9. The van der Waals surface area contributed by atoms with Crippen molar-refractivity contribution in [3.63, 3.8) is 0 Å². The van der Waals surface area contributed by atoms with E-state index in [1.807, 2.05) is 0 Å². The molecule has 31 heavy (non-hydrogen) atoms. The van der Waals surface area contributed by atoms with Crippen molar-refractivity contribution < 1.29 is 16.4 Å². The molecule has 0 saturated carbocycles. The summed E-state index contributed by atoms with van der Waals surface area (Å²) < 4.78 is 1.83. The molecule has 0 N–H and O–H groups in total. The van der Waals surface area contributed by atoms with Crippen molar-refractivity contribution in [3.8, 4) is 0 Å². The number of hydrogen-bond donors (Lipinski definition) is 0. The Morgan fingerprint density at radius 1 is 0.742 bits per heavy atom. The summed E-state index contributed by atoms with van der Waals surface area (Å²) in [5, 5.41) is 0. The van der Waals surface area contributed by atoms with Crippen molar-refractivity contribution in [2.45, 2.75) is 69.7 Å². The van der Waals surface area contributed by atoms with E-state index in [0.29, 0.717) is 19.1 Å². The number of hydrogen-bond acceptors (Lipinski definition) is 0. The first-order chi connectivity index (χ1) is 14.8. The summed E-state index contributed by atoms with van der Waals surface area (Å²) >= 11 is -3.91. The molecule has 4 unspecified atom stereocenters. The van der Waals surface area contributed by atoms with Gasteiger partial charge in [0.05, 0.1) is 0 Å². The van der Waals surface area contributed by atoms with Gasteiger partial charge in [0.25, 0.3) is 0 Å². The van der Waals surface area contributed by atoms with Crippen LogP contribution in [0.4, 0.5) is 0 Å². The zero-order valence-corrected chi connectivity index (χ0v) is 23.0. The number of benzene rings is 2. The summed E-state index contributed by atoms with van der Waals surface area (Å²) in [7, 11) is 15.2. The van der Waals surface area contributed by atoms with Crippen LogP contribution in [-0.4, -0.2) is 0 Å². The molecule has 0 heterocycles. The predicted octanol–water partition coefficient (Wildman–Crippen LogP) is 10.2. The predicted molar refractivity (Wildman–Crippen MR) is 136 cm³/mol. The van der Waals surface area contributed by atoms with Gasteiger partial charge in [0.2, 0.25) is 0 Å². The molecule has 4 rings (SSSR count). The molecule has 4 atom stereocenters. The Hall–Kier alpha value is -0.617. The monoisotopic (exact) mass is 531 g/mol. The molecule has 0 nitrogen and oxygen atoms in total. The zero-order valence-electron chi connectivity index (χ0n) is 19.0. The van der Waals surface area contributed by atoms with Gasteiger partial charge in [-0.3, -0.25) is 0 Å². The van der Waals surface area contributed by atoms with E-state index in [0.717, 1.165) is 29.8 Å². The molecule has 0 bridgehead atoms. The first-order valence-corrected chi connectivity index (χ1v) is 22.9. The minimum atomic E-state index is -3.91. The molecule has 0 radical (unpaired) electrons. The van der Waals surface area contributed by atoms with E-state index < -0.39 is 16.4 Å². The molecule has 2 aromatic carbocycles. The molecule has 0 saturated heterocycles. The Morgan fingerprint density at radius 2 is 1.16 bits per heavy atom. The topological polar surface area (TPSA) is 0 Å². The summed E-state index contributed by atoms with van der Waals surface area (Å²) in [6.07, 6.45) is 13.8. The minimum absolute atomic E-state index is 0.428. The number of halogens is 2. The summed E-state index contributed by atoms with van der Waals surface area (Å²) in [5.41, 5.74) is 5.67. The van der Waals surface area contributed by atoms with Gasteiger partial charge < -0.3 is 0 Å². The van der Waals surface area contributed by atoms with Gasteiger partial charge >= 0.3 is 198 Å². The van der Waals surface area contributed by atoms with Crippen molar-refractivity contribution in [2.24, 2.45) is 0 Å². The molecule has 3 heteroatoms. The first-order valence-electron chi connectivity index (χ1n) is 11.9. The van der Waals surface area contributed by atoms with E-state index in [-0.39, 0.29) is 0 Å². The van der Waals surface area contributed by atoms with Crippen molar-refractivity contribution in [1.29, 1.82) is 0 Å². The molecule has 2 aliphatic rings. The molecule has 2 aromatic rings. The van der Waals surface area contributed by atoms with Crippen LogP contribution in [0.25, 0.3) is 12.2 Å². The summed E-state index contributed by atoms with van der Waals surface area (Å²) in [6.45, 7) is 6.94. The zero-order chi connectivity index (χ0) is 22.1. The van der Waals surface area contributed by atoms with Gasteiger partial charge in [-0.25, -0.2) is 0 Å².